The lowest BCUT2D eigenvalue weighted by atomic mass is 9.87. The molecule has 0 aromatic heterocycles. The number of ether oxygens (including phenoxy) is 2. The van der Waals surface area contributed by atoms with E-state index in [1.54, 1.807) is 7.11 Å². The third-order valence-corrected chi connectivity index (χ3v) is 3.41. The molecule has 0 amide bonds. The maximum absolute atomic E-state index is 9.40. The first-order valence-electron chi connectivity index (χ1n) is 5.67. The second kappa shape index (κ2) is 4.60. The van der Waals surface area contributed by atoms with E-state index in [9.17, 15) is 5.11 Å². The molecule has 0 bridgehead atoms. The van der Waals surface area contributed by atoms with Gasteiger partial charge in [0.1, 0.15) is 6.10 Å². The lowest BCUT2D eigenvalue weighted by Gasteiger charge is -2.42. The number of methoxy groups -OCH3 is 1. The summed E-state index contributed by atoms with van der Waals surface area (Å²) < 4.78 is 11.1. The molecule has 2 aliphatic carbocycles. The Morgan fingerprint density at radius 3 is 2.43 bits per heavy atom. The molecule has 2 fully saturated rings. The molecule has 0 heterocycles. The molecule has 2 saturated carbocycles. The van der Waals surface area contributed by atoms with Gasteiger partial charge >= 0.3 is 0 Å². The van der Waals surface area contributed by atoms with Crippen LogP contribution in [-0.2, 0) is 9.47 Å². The molecule has 3 heteroatoms. The van der Waals surface area contributed by atoms with Crippen LogP contribution in [0.4, 0.5) is 0 Å². The predicted molar refractivity (Wildman–Crippen MR) is 53.2 cm³/mol. The summed E-state index contributed by atoms with van der Waals surface area (Å²) in [7, 11) is 1.64. The smallest absolute Gasteiger partial charge is 0.109 e. The van der Waals surface area contributed by atoms with Gasteiger partial charge in [-0.3, -0.25) is 0 Å². The maximum Gasteiger partial charge on any atom is 0.109 e. The Hall–Kier alpha value is -0.120. The monoisotopic (exact) mass is 200 g/mol. The van der Waals surface area contributed by atoms with Crippen LogP contribution in [0.5, 0.6) is 0 Å². The van der Waals surface area contributed by atoms with Crippen LogP contribution in [0.15, 0.2) is 0 Å². The molecule has 2 aliphatic rings. The highest BCUT2D eigenvalue weighted by Crippen LogP contribution is 2.31. The van der Waals surface area contributed by atoms with Crippen molar-refractivity contribution in [2.45, 2.75) is 62.9 Å². The summed E-state index contributed by atoms with van der Waals surface area (Å²) in [5.41, 5.74) is 0. The molecule has 0 radical (unpaired) electrons. The van der Waals surface area contributed by atoms with E-state index in [0.717, 1.165) is 6.42 Å². The zero-order chi connectivity index (χ0) is 9.97. The number of aliphatic hydroxyl groups excluding tert-OH is 1. The molecule has 3 atom stereocenters. The Bertz CT molecular complexity index is 177. The summed E-state index contributed by atoms with van der Waals surface area (Å²) in [5, 5.41) is 9.40. The second-order valence-electron chi connectivity index (χ2n) is 4.44. The molecule has 3 unspecified atom stereocenters. The average Bonchev–Trinajstić information content (AvgIpc) is 2.19. The lowest BCUT2D eigenvalue weighted by molar-refractivity contribution is -0.201. The van der Waals surface area contributed by atoms with Gasteiger partial charge < -0.3 is 14.6 Å². The van der Waals surface area contributed by atoms with Crippen LogP contribution in [-0.4, -0.2) is 36.6 Å². The minimum atomic E-state index is -0.311. The van der Waals surface area contributed by atoms with Gasteiger partial charge in [-0.1, -0.05) is 19.3 Å². The van der Waals surface area contributed by atoms with Crippen molar-refractivity contribution in [1.82, 2.24) is 0 Å². The first-order valence-corrected chi connectivity index (χ1v) is 5.67. The van der Waals surface area contributed by atoms with E-state index >= 15 is 0 Å². The highest BCUT2D eigenvalue weighted by Gasteiger charge is 2.42. The molecule has 2 rings (SSSR count). The van der Waals surface area contributed by atoms with Gasteiger partial charge in [-0.2, -0.15) is 0 Å². The van der Waals surface area contributed by atoms with Gasteiger partial charge in [-0.25, -0.2) is 0 Å². The summed E-state index contributed by atoms with van der Waals surface area (Å²) in [6.45, 7) is 0. The van der Waals surface area contributed by atoms with E-state index in [1.165, 1.54) is 32.1 Å². The van der Waals surface area contributed by atoms with Crippen LogP contribution < -0.4 is 0 Å². The Morgan fingerprint density at radius 1 is 1.14 bits per heavy atom. The van der Waals surface area contributed by atoms with Crippen molar-refractivity contribution < 1.29 is 14.6 Å². The van der Waals surface area contributed by atoms with E-state index in [0.29, 0.717) is 6.10 Å². The van der Waals surface area contributed by atoms with E-state index in [4.69, 9.17) is 9.47 Å². The molecule has 0 aromatic carbocycles. The molecule has 3 nitrogen and oxygen atoms in total. The van der Waals surface area contributed by atoms with Gasteiger partial charge in [0, 0.05) is 13.5 Å². The van der Waals surface area contributed by atoms with Gasteiger partial charge in [0.15, 0.2) is 0 Å². The quantitative estimate of drug-likeness (QED) is 0.750. The first-order chi connectivity index (χ1) is 6.81. The van der Waals surface area contributed by atoms with Crippen molar-refractivity contribution in [3.05, 3.63) is 0 Å². The normalized spacial score (nSPS) is 39.4. The van der Waals surface area contributed by atoms with E-state index in [1.807, 2.05) is 0 Å². The van der Waals surface area contributed by atoms with Gasteiger partial charge in [0.05, 0.1) is 18.3 Å². The molecule has 0 saturated heterocycles. The fourth-order valence-electron chi connectivity index (χ4n) is 2.45. The predicted octanol–water partition coefficient (Wildman–Crippen LogP) is 1.48. The Morgan fingerprint density at radius 2 is 1.86 bits per heavy atom. The zero-order valence-corrected chi connectivity index (χ0v) is 8.82. The molecule has 14 heavy (non-hydrogen) atoms. The Labute approximate surface area is 85.4 Å². The summed E-state index contributed by atoms with van der Waals surface area (Å²) in [4.78, 5) is 0. The standard InChI is InChI=1S/C11H20O3/c1-13-11-9(12)7-10(11)14-8-5-3-2-4-6-8/h8-12H,2-7H2,1H3. The van der Waals surface area contributed by atoms with Crippen LogP contribution in [0, 0.1) is 0 Å². The third-order valence-electron chi connectivity index (χ3n) is 3.41. The molecular formula is C11H20O3. The Kier molecular flexibility index (Phi) is 3.42. The van der Waals surface area contributed by atoms with Crippen molar-refractivity contribution in [3.8, 4) is 0 Å². The summed E-state index contributed by atoms with van der Waals surface area (Å²) >= 11 is 0. The van der Waals surface area contributed by atoms with E-state index < -0.39 is 0 Å². The van der Waals surface area contributed by atoms with Crippen molar-refractivity contribution >= 4 is 0 Å². The molecule has 82 valence electrons. The van der Waals surface area contributed by atoms with Gasteiger partial charge in [-0.15, -0.1) is 0 Å². The molecule has 0 spiro atoms. The van der Waals surface area contributed by atoms with Crippen LogP contribution in [0.3, 0.4) is 0 Å². The van der Waals surface area contributed by atoms with Gasteiger partial charge in [0.2, 0.25) is 0 Å². The largest absolute Gasteiger partial charge is 0.390 e. The lowest BCUT2D eigenvalue weighted by Crippen LogP contribution is -2.54. The van der Waals surface area contributed by atoms with Crippen molar-refractivity contribution in [2.75, 3.05) is 7.11 Å². The first kappa shape index (κ1) is 10.4. The average molecular weight is 200 g/mol. The van der Waals surface area contributed by atoms with Crippen molar-refractivity contribution in [2.24, 2.45) is 0 Å². The summed E-state index contributed by atoms with van der Waals surface area (Å²) in [6, 6.07) is 0. The van der Waals surface area contributed by atoms with Gasteiger partial charge in [-0.05, 0) is 12.8 Å². The van der Waals surface area contributed by atoms with Crippen molar-refractivity contribution in [3.63, 3.8) is 0 Å². The van der Waals surface area contributed by atoms with Crippen LogP contribution in [0.1, 0.15) is 38.5 Å². The minimum absolute atomic E-state index is 0.0862. The van der Waals surface area contributed by atoms with Crippen LogP contribution >= 0.6 is 0 Å². The van der Waals surface area contributed by atoms with Crippen LogP contribution in [0.2, 0.25) is 0 Å². The van der Waals surface area contributed by atoms with Crippen molar-refractivity contribution in [1.29, 1.82) is 0 Å². The van der Waals surface area contributed by atoms with Crippen LogP contribution in [0.25, 0.3) is 0 Å². The number of aliphatic hydroxyl groups is 1. The zero-order valence-electron chi connectivity index (χ0n) is 8.82. The number of hydrogen-bond donors (Lipinski definition) is 1. The second-order valence-corrected chi connectivity index (χ2v) is 4.44. The third kappa shape index (κ3) is 2.10. The molecular weight excluding hydrogens is 180 g/mol. The SMILES string of the molecule is COC1C(O)CC1OC1CCCCC1. The molecule has 1 N–H and O–H groups in total. The topological polar surface area (TPSA) is 38.7 Å². The Balaban J connectivity index is 1.74. The molecule has 0 aromatic rings. The highest BCUT2D eigenvalue weighted by molar-refractivity contribution is 4.92. The highest BCUT2D eigenvalue weighted by atomic mass is 16.6. The minimum Gasteiger partial charge on any atom is -0.390 e. The number of hydrogen-bond acceptors (Lipinski definition) is 3. The summed E-state index contributed by atoms with van der Waals surface area (Å²) in [6.07, 6.45) is 7.19. The summed E-state index contributed by atoms with van der Waals surface area (Å²) in [5.74, 6) is 0. The maximum atomic E-state index is 9.40. The van der Waals surface area contributed by atoms with E-state index in [-0.39, 0.29) is 18.3 Å². The van der Waals surface area contributed by atoms with Gasteiger partial charge in [0.25, 0.3) is 0 Å². The fourth-order valence-corrected chi connectivity index (χ4v) is 2.45. The molecule has 0 aliphatic heterocycles. The van der Waals surface area contributed by atoms with E-state index in [2.05, 4.69) is 0 Å². The number of rotatable bonds is 3. The fraction of sp³-hybridized carbons (Fsp3) is 1.00.